The quantitative estimate of drug-likeness (QED) is 0.690. The zero-order valence-corrected chi connectivity index (χ0v) is 11.5. The SMILES string of the molecule is Cc1nc(CNc2cc(C(F)(F)F)ncc2[N+](=O)[O-])cs1. The van der Waals surface area contributed by atoms with Crippen LogP contribution in [0.2, 0.25) is 0 Å². The van der Waals surface area contributed by atoms with Gasteiger partial charge >= 0.3 is 11.9 Å². The number of halogens is 3. The van der Waals surface area contributed by atoms with Gasteiger partial charge in [0.15, 0.2) is 0 Å². The molecular formula is C11H9F3N4O2S. The standard InChI is InChI=1S/C11H9F3N4O2S/c1-6-17-7(5-21-6)3-15-8-2-10(11(12,13)14)16-4-9(8)18(19)20/h2,4-5H,3H2,1H3,(H,15,16). The number of hydrogen-bond donors (Lipinski definition) is 1. The van der Waals surface area contributed by atoms with Crippen molar-refractivity contribution in [1.29, 1.82) is 0 Å². The fourth-order valence-corrected chi connectivity index (χ4v) is 2.18. The molecule has 0 aliphatic rings. The Morgan fingerprint density at radius 1 is 1.48 bits per heavy atom. The van der Waals surface area contributed by atoms with Crippen LogP contribution in [0.4, 0.5) is 24.5 Å². The predicted molar refractivity (Wildman–Crippen MR) is 70.1 cm³/mol. The van der Waals surface area contributed by atoms with Gasteiger partial charge in [-0.05, 0) is 13.0 Å². The minimum atomic E-state index is -4.66. The highest BCUT2D eigenvalue weighted by atomic mass is 32.1. The van der Waals surface area contributed by atoms with Gasteiger partial charge in [-0.2, -0.15) is 13.2 Å². The smallest absolute Gasteiger partial charge is 0.374 e. The van der Waals surface area contributed by atoms with Gasteiger partial charge in [0.1, 0.15) is 17.6 Å². The number of pyridine rings is 1. The first-order chi connectivity index (χ1) is 9.77. The monoisotopic (exact) mass is 318 g/mol. The van der Waals surface area contributed by atoms with Crippen molar-refractivity contribution in [3.8, 4) is 0 Å². The molecule has 10 heteroatoms. The van der Waals surface area contributed by atoms with Gasteiger partial charge in [0, 0.05) is 5.38 Å². The van der Waals surface area contributed by atoms with Crippen LogP contribution < -0.4 is 5.32 Å². The van der Waals surface area contributed by atoms with Crippen molar-refractivity contribution in [3.05, 3.63) is 44.2 Å². The third kappa shape index (κ3) is 3.66. The summed E-state index contributed by atoms with van der Waals surface area (Å²) in [6.45, 7) is 1.87. The van der Waals surface area contributed by atoms with Crippen LogP contribution in [0.5, 0.6) is 0 Å². The molecule has 0 fully saturated rings. The topological polar surface area (TPSA) is 81.0 Å². The molecule has 2 heterocycles. The second-order valence-corrected chi connectivity index (χ2v) is 5.12. The molecule has 2 rings (SSSR count). The third-order valence-corrected chi connectivity index (χ3v) is 3.32. The molecule has 21 heavy (non-hydrogen) atoms. The second-order valence-electron chi connectivity index (χ2n) is 4.05. The molecule has 0 aromatic carbocycles. The van der Waals surface area contributed by atoms with Gasteiger partial charge in [-0.15, -0.1) is 11.3 Å². The van der Waals surface area contributed by atoms with Crippen molar-refractivity contribution in [2.75, 3.05) is 5.32 Å². The van der Waals surface area contributed by atoms with E-state index in [2.05, 4.69) is 15.3 Å². The zero-order valence-electron chi connectivity index (χ0n) is 10.6. The lowest BCUT2D eigenvalue weighted by molar-refractivity contribution is -0.384. The molecule has 2 aromatic rings. The highest BCUT2D eigenvalue weighted by Gasteiger charge is 2.34. The van der Waals surface area contributed by atoms with Gasteiger partial charge in [-0.25, -0.2) is 9.97 Å². The summed E-state index contributed by atoms with van der Waals surface area (Å²) in [6, 6.07) is 0.622. The van der Waals surface area contributed by atoms with Crippen molar-refractivity contribution < 1.29 is 18.1 Å². The number of thiazole rings is 1. The van der Waals surface area contributed by atoms with Crippen LogP contribution >= 0.6 is 11.3 Å². The van der Waals surface area contributed by atoms with E-state index in [0.717, 1.165) is 5.01 Å². The Kier molecular flexibility index (Phi) is 4.07. The molecule has 0 saturated carbocycles. The van der Waals surface area contributed by atoms with E-state index >= 15 is 0 Å². The third-order valence-electron chi connectivity index (χ3n) is 2.50. The molecule has 6 nitrogen and oxygen atoms in total. The molecule has 0 saturated heterocycles. The Morgan fingerprint density at radius 3 is 2.71 bits per heavy atom. The maximum atomic E-state index is 12.6. The molecule has 2 aromatic heterocycles. The molecule has 0 spiro atoms. The first-order valence-electron chi connectivity index (χ1n) is 5.64. The van der Waals surface area contributed by atoms with Crippen LogP contribution in [0.3, 0.4) is 0 Å². The van der Waals surface area contributed by atoms with Crippen molar-refractivity contribution in [1.82, 2.24) is 9.97 Å². The maximum absolute atomic E-state index is 12.6. The van der Waals surface area contributed by atoms with E-state index in [1.807, 2.05) is 0 Å². The van der Waals surface area contributed by atoms with Crippen LogP contribution in [-0.4, -0.2) is 14.9 Å². The molecule has 0 aliphatic carbocycles. The molecule has 0 bridgehead atoms. The van der Waals surface area contributed by atoms with E-state index in [-0.39, 0.29) is 12.2 Å². The Balaban J connectivity index is 2.28. The summed E-state index contributed by atoms with van der Waals surface area (Å²) in [5.74, 6) is 0. The molecule has 0 radical (unpaired) electrons. The Hall–Kier alpha value is -2.23. The van der Waals surface area contributed by atoms with Crippen LogP contribution in [-0.2, 0) is 12.7 Å². The number of aryl methyl sites for hydroxylation is 1. The number of rotatable bonds is 4. The van der Waals surface area contributed by atoms with Crippen LogP contribution in [0, 0.1) is 17.0 Å². The molecule has 0 aliphatic heterocycles. The van der Waals surface area contributed by atoms with Gasteiger partial charge in [0.25, 0.3) is 0 Å². The maximum Gasteiger partial charge on any atom is 0.433 e. The lowest BCUT2D eigenvalue weighted by Gasteiger charge is -2.09. The van der Waals surface area contributed by atoms with Crippen molar-refractivity contribution in [3.63, 3.8) is 0 Å². The molecule has 1 N–H and O–H groups in total. The predicted octanol–water partition coefficient (Wildman–Crippen LogP) is 3.39. The average Bonchev–Trinajstić information content (AvgIpc) is 2.80. The van der Waals surface area contributed by atoms with Crippen LogP contribution in [0.1, 0.15) is 16.4 Å². The van der Waals surface area contributed by atoms with E-state index in [1.165, 1.54) is 11.3 Å². The molecule has 0 unspecified atom stereocenters. The lowest BCUT2D eigenvalue weighted by atomic mass is 10.2. The number of hydrogen-bond acceptors (Lipinski definition) is 6. The van der Waals surface area contributed by atoms with Crippen molar-refractivity contribution in [2.45, 2.75) is 19.6 Å². The average molecular weight is 318 g/mol. The summed E-state index contributed by atoms with van der Waals surface area (Å²) in [5.41, 5.74) is -1.36. The van der Waals surface area contributed by atoms with E-state index in [4.69, 9.17) is 0 Å². The molecule has 0 atom stereocenters. The Morgan fingerprint density at radius 2 is 2.19 bits per heavy atom. The second kappa shape index (κ2) is 5.64. The number of alkyl halides is 3. The van der Waals surface area contributed by atoms with Gasteiger partial charge in [-0.3, -0.25) is 10.1 Å². The van der Waals surface area contributed by atoms with E-state index in [9.17, 15) is 23.3 Å². The summed E-state index contributed by atoms with van der Waals surface area (Å²) >= 11 is 1.38. The highest BCUT2D eigenvalue weighted by molar-refractivity contribution is 7.09. The molecule has 112 valence electrons. The number of anilines is 1. The van der Waals surface area contributed by atoms with E-state index < -0.39 is 22.5 Å². The highest BCUT2D eigenvalue weighted by Crippen LogP contribution is 2.33. The summed E-state index contributed by atoms with van der Waals surface area (Å²) in [5, 5.41) is 15.9. The Bertz CT molecular complexity index is 672. The Labute approximate surface area is 120 Å². The summed E-state index contributed by atoms with van der Waals surface area (Å²) < 4.78 is 37.8. The first kappa shape index (κ1) is 15.2. The fourth-order valence-electron chi connectivity index (χ4n) is 1.57. The van der Waals surface area contributed by atoms with Gasteiger partial charge in [-0.1, -0.05) is 0 Å². The number of nitrogens with one attached hydrogen (secondary N) is 1. The van der Waals surface area contributed by atoms with E-state index in [1.54, 1.807) is 12.3 Å². The number of nitro groups is 1. The zero-order chi connectivity index (χ0) is 15.6. The first-order valence-corrected chi connectivity index (χ1v) is 6.52. The number of nitrogens with zero attached hydrogens (tertiary/aromatic N) is 3. The largest absolute Gasteiger partial charge is 0.433 e. The van der Waals surface area contributed by atoms with Crippen molar-refractivity contribution >= 4 is 22.7 Å². The minimum Gasteiger partial charge on any atom is -0.374 e. The minimum absolute atomic E-state index is 0.0898. The summed E-state index contributed by atoms with van der Waals surface area (Å²) in [4.78, 5) is 17.2. The lowest BCUT2D eigenvalue weighted by Crippen LogP contribution is -2.11. The van der Waals surface area contributed by atoms with Crippen LogP contribution in [0.25, 0.3) is 0 Å². The van der Waals surface area contributed by atoms with E-state index in [0.29, 0.717) is 18.0 Å². The molecular weight excluding hydrogens is 309 g/mol. The van der Waals surface area contributed by atoms with Gasteiger partial charge in [0.05, 0.1) is 22.2 Å². The number of aromatic nitrogens is 2. The summed E-state index contributed by atoms with van der Waals surface area (Å²) in [6.07, 6.45) is -4.07. The van der Waals surface area contributed by atoms with Gasteiger partial charge in [0.2, 0.25) is 0 Å². The molecule has 0 amide bonds. The van der Waals surface area contributed by atoms with Crippen LogP contribution in [0.15, 0.2) is 17.6 Å². The fraction of sp³-hybridized carbons (Fsp3) is 0.273. The van der Waals surface area contributed by atoms with Gasteiger partial charge < -0.3 is 5.32 Å². The normalized spacial score (nSPS) is 11.4. The van der Waals surface area contributed by atoms with Crippen molar-refractivity contribution in [2.24, 2.45) is 0 Å². The summed E-state index contributed by atoms with van der Waals surface area (Å²) in [7, 11) is 0.